The molecule has 1 aromatic rings. The van der Waals surface area contributed by atoms with E-state index in [1.54, 1.807) is 0 Å². The van der Waals surface area contributed by atoms with Crippen molar-refractivity contribution in [2.45, 2.75) is 25.3 Å². The Morgan fingerprint density at radius 3 is 2.79 bits per heavy atom. The summed E-state index contributed by atoms with van der Waals surface area (Å²) in [6.45, 7) is 0.239. The summed E-state index contributed by atoms with van der Waals surface area (Å²) in [6, 6.07) is 4.47. The third kappa shape index (κ3) is 4.13. The van der Waals surface area contributed by atoms with E-state index in [2.05, 4.69) is 10.6 Å². The van der Waals surface area contributed by atoms with Gasteiger partial charge >= 0.3 is 0 Å². The molecule has 1 aliphatic rings. The maximum Gasteiger partial charge on any atom is 0.252 e. The number of halogens is 1. The minimum Gasteiger partial charge on any atom is -0.508 e. The first-order valence-corrected chi connectivity index (χ1v) is 6.50. The number of hydrogen-bond donors (Lipinski definition) is 3. The second-order valence-corrected chi connectivity index (χ2v) is 4.92. The summed E-state index contributed by atoms with van der Waals surface area (Å²) >= 11 is 5.86. The Morgan fingerprint density at radius 1 is 1.37 bits per heavy atom. The molecule has 0 atom stereocenters. The first-order valence-electron chi connectivity index (χ1n) is 6.12. The van der Waals surface area contributed by atoms with Crippen LogP contribution in [0.15, 0.2) is 18.2 Å². The molecule has 5 nitrogen and oxygen atoms in total. The fraction of sp³-hybridized carbons (Fsp3) is 0.385. The highest BCUT2D eigenvalue weighted by Crippen LogP contribution is 2.21. The molecular formula is C13H15ClN2O3. The fourth-order valence-corrected chi connectivity index (χ4v) is 1.80. The Kier molecular flexibility index (Phi) is 4.27. The third-order valence-corrected chi connectivity index (χ3v) is 3.10. The molecular weight excluding hydrogens is 268 g/mol. The highest BCUT2D eigenvalue weighted by atomic mass is 35.5. The molecule has 0 aliphatic heterocycles. The van der Waals surface area contributed by atoms with E-state index in [9.17, 15) is 14.7 Å². The highest BCUT2D eigenvalue weighted by Gasteiger charge is 2.22. The van der Waals surface area contributed by atoms with Crippen LogP contribution in [0.4, 0.5) is 0 Å². The normalized spacial score (nSPS) is 13.9. The number of benzene rings is 1. The van der Waals surface area contributed by atoms with E-state index >= 15 is 0 Å². The van der Waals surface area contributed by atoms with Crippen LogP contribution in [0.3, 0.4) is 0 Å². The zero-order valence-electron chi connectivity index (χ0n) is 10.3. The molecule has 0 unspecified atom stereocenters. The van der Waals surface area contributed by atoms with Crippen molar-refractivity contribution in [1.82, 2.24) is 10.6 Å². The van der Waals surface area contributed by atoms with Crippen molar-refractivity contribution < 1.29 is 14.7 Å². The van der Waals surface area contributed by atoms with Gasteiger partial charge in [0.25, 0.3) is 5.91 Å². The van der Waals surface area contributed by atoms with Crippen LogP contribution in [-0.2, 0) is 4.79 Å². The maximum absolute atomic E-state index is 11.8. The molecule has 1 aliphatic carbocycles. The molecule has 0 saturated heterocycles. The van der Waals surface area contributed by atoms with Crippen molar-refractivity contribution >= 4 is 23.4 Å². The van der Waals surface area contributed by atoms with Gasteiger partial charge in [-0.3, -0.25) is 9.59 Å². The average Bonchev–Trinajstić information content (AvgIpc) is 3.16. The predicted octanol–water partition coefficient (Wildman–Crippen LogP) is 1.44. The maximum atomic E-state index is 11.8. The number of nitrogens with one attached hydrogen (secondary N) is 2. The molecule has 0 aromatic heterocycles. The van der Waals surface area contributed by atoms with Crippen LogP contribution < -0.4 is 10.6 Å². The van der Waals surface area contributed by atoms with Crippen molar-refractivity contribution in [3.63, 3.8) is 0 Å². The van der Waals surface area contributed by atoms with Crippen LogP contribution in [-0.4, -0.2) is 29.5 Å². The Hall–Kier alpha value is -1.75. The molecule has 1 saturated carbocycles. The number of phenols is 1. The van der Waals surface area contributed by atoms with Crippen molar-refractivity contribution in [2.24, 2.45) is 0 Å². The first kappa shape index (κ1) is 13.7. The average molecular weight is 283 g/mol. The van der Waals surface area contributed by atoms with Crippen molar-refractivity contribution in [1.29, 1.82) is 0 Å². The molecule has 0 heterocycles. The lowest BCUT2D eigenvalue weighted by Crippen LogP contribution is -2.31. The number of carbonyl (C=O) groups excluding carboxylic acids is 2. The number of carbonyl (C=O) groups is 2. The van der Waals surface area contributed by atoms with Gasteiger partial charge in [0.1, 0.15) is 5.75 Å². The van der Waals surface area contributed by atoms with Crippen LogP contribution in [0.1, 0.15) is 29.6 Å². The zero-order chi connectivity index (χ0) is 13.8. The fourth-order valence-electron chi connectivity index (χ4n) is 1.60. The molecule has 2 amide bonds. The van der Waals surface area contributed by atoms with Crippen molar-refractivity contribution in [3.8, 4) is 5.75 Å². The lowest BCUT2D eigenvalue weighted by Gasteiger charge is -2.07. The SMILES string of the molecule is O=C(CCNC(=O)c1cc(O)ccc1Cl)NC1CC1. The van der Waals surface area contributed by atoms with Gasteiger partial charge in [-0.15, -0.1) is 0 Å². The van der Waals surface area contributed by atoms with Gasteiger partial charge in [-0.1, -0.05) is 11.6 Å². The molecule has 0 spiro atoms. The minimum atomic E-state index is -0.403. The van der Waals surface area contributed by atoms with Crippen LogP contribution in [0, 0.1) is 0 Å². The van der Waals surface area contributed by atoms with Crippen molar-refractivity contribution in [3.05, 3.63) is 28.8 Å². The molecule has 0 radical (unpaired) electrons. The zero-order valence-corrected chi connectivity index (χ0v) is 11.0. The van der Waals surface area contributed by atoms with Crippen LogP contribution in [0.25, 0.3) is 0 Å². The largest absolute Gasteiger partial charge is 0.508 e. The van der Waals surface area contributed by atoms with E-state index in [1.807, 2.05) is 0 Å². The minimum absolute atomic E-state index is 0.0268. The standard InChI is InChI=1S/C13H15ClN2O3/c14-11-4-3-9(17)7-10(11)13(19)15-6-5-12(18)16-8-1-2-8/h3-4,7-8,17H,1-2,5-6H2,(H,15,19)(H,16,18). The molecule has 2 rings (SSSR count). The Morgan fingerprint density at radius 2 is 2.11 bits per heavy atom. The summed E-state index contributed by atoms with van der Waals surface area (Å²) in [5.74, 6) is -0.494. The van der Waals surface area contributed by atoms with Gasteiger partial charge < -0.3 is 15.7 Å². The van der Waals surface area contributed by atoms with E-state index < -0.39 is 5.91 Å². The smallest absolute Gasteiger partial charge is 0.252 e. The number of rotatable bonds is 5. The monoisotopic (exact) mass is 282 g/mol. The van der Waals surface area contributed by atoms with Gasteiger partial charge in [0.15, 0.2) is 0 Å². The third-order valence-electron chi connectivity index (χ3n) is 2.77. The number of amides is 2. The van der Waals surface area contributed by atoms with Crippen LogP contribution >= 0.6 is 11.6 Å². The molecule has 1 fully saturated rings. The molecule has 0 bridgehead atoms. The Bertz CT molecular complexity index is 501. The number of hydrogen-bond acceptors (Lipinski definition) is 3. The lowest BCUT2D eigenvalue weighted by atomic mass is 10.2. The second-order valence-electron chi connectivity index (χ2n) is 4.51. The predicted molar refractivity (Wildman–Crippen MR) is 71.2 cm³/mol. The summed E-state index contributed by atoms with van der Waals surface area (Å²) < 4.78 is 0. The van der Waals surface area contributed by atoms with Gasteiger partial charge in [-0.05, 0) is 31.0 Å². The van der Waals surface area contributed by atoms with Gasteiger partial charge in [-0.2, -0.15) is 0 Å². The lowest BCUT2D eigenvalue weighted by molar-refractivity contribution is -0.121. The number of aromatic hydroxyl groups is 1. The molecule has 1 aromatic carbocycles. The van der Waals surface area contributed by atoms with Gasteiger partial charge in [-0.25, -0.2) is 0 Å². The summed E-state index contributed by atoms with van der Waals surface area (Å²) in [5.41, 5.74) is 0.198. The van der Waals surface area contributed by atoms with E-state index in [0.29, 0.717) is 6.04 Å². The van der Waals surface area contributed by atoms with E-state index in [1.165, 1.54) is 18.2 Å². The van der Waals surface area contributed by atoms with E-state index in [4.69, 9.17) is 11.6 Å². The van der Waals surface area contributed by atoms with Gasteiger partial charge in [0, 0.05) is 19.0 Å². The molecule has 19 heavy (non-hydrogen) atoms. The van der Waals surface area contributed by atoms with Gasteiger partial charge in [0.05, 0.1) is 10.6 Å². The quantitative estimate of drug-likeness (QED) is 0.765. The highest BCUT2D eigenvalue weighted by molar-refractivity contribution is 6.33. The van der Waals surface area contributed by atoms with Crippen molar-refractivity contribution in [2.75, 3.05) is 6.54 Å². The summed E-state index contributed by atoms with van der Waals surface area (Å²) in [4.78, 5) is 23.2. The summed E-state index contributed by atoms with van der Waals surface area (Å²) in [6.07, 6.45) is 2.31. The number of phenolic OH excluding ortho intramolecular Hbond substituents is 1. The van der Waals surface area contributed by atoms with Crippen LogP contribution in [0.5, 0.6) is 5.75 Å². The molecule has 102 valence electrons. The molecule has 6 heteroatoms. The molecule has 3 N–H and O–H groups in total. The van der Waals surface area contributed by atoms with E-state index in [0.717, 1.165) is 12.8 Å². The summed E-state index contributed by atoms with van der Waals surface area (Å²) in [7, 11) is 0. The van der Waals surface area contributed by atoms with Crippen LogP contribution in [0.2, 0.25) is 5.02 Å². The second kappa shape index (κ2) is 5.93. The van der Waals surface area contributed by atoms with Gasteiger partial charge in [0.2, 0.25) is 5.91 Å². The topological polar surface area (TPSA) is 78.4 Å². The first-order chi connectivity index (χ1) is 9.06. The Balaban J connectivity index is 1.80. The summed E-state index contributed by atoms with van der Waals surface area (Å²) in [5, 5.41) is 15.0. The Labute approximate surface area is 116 Å². The van der Waals surface area contributed by atoms with E-state index in [-0.39, 0.29) is 35.2 Å².